The standard InChI is InChI=1S/C17H25N3O/c1-12(2)16-15(9-6-10-18)17(21-4)20(19-16)14-8-5-7-13(3)11-14/h5,7-8,11-12H,6,9-10,18H2,1-4H3. The lowest BCUT2D eigenvalue weighted by Gasteiger charge is -2.09. The van der Waals surface area contributed by atoms with Crippen LogP contribution in [0.4, 0.5) is 0 Å². The molecule has 2 N–H and O–H groups in total. The normalized spacial score (nSPS) is 11.1. The second-order valence-corrected chi connectivity index (χ2v) is 5.67. The lowest BCUT2D eigenvalue weighted by atomic mass is 10.0. The number of hydrogen-bond donors (Lipinski definition) is 1. The molecule has 0 spiro atoms. The van der Waals surface area contributed by atoms with Crippen molar-refractivity contribution in [3.63, 3.8) is 0 Å². The van der Waals surface area contributed by atoms with Crippen molar-refractivity contribution in [3.05, 3.63) is 41.1 Å². The Balaban J connectivity index is 2.55. The molecule has 0 bridgehead atoms. The van der Waals surface area contributed by atoms with E-state index < -0.39 is 0 Å². The van der Waals surface area contributed by atoms with E-state index in [1.54, 1.807) is 7.11 Å². The van der Waals surface area contributed by atoms with Crippen molar-refractivity contribution in [2.75, 3.05) is 13.7 Å². The van der Waals surface area contributed by atoms with Crippen LogP contribution in [0.1, 0.15) is 43.0 Å². The topological polar surface area (TPSA) is 53.1 Å². The van der Waals surface area contributed by atoms with E-state index in [-0.39, 0.29) is 0 Å². The van der Waals surface area contributed by atoms with Gasteiger partial charge < -0.3 is 10.5 Å². The van der Waals surface area contributed by atoms with Gasteiger partial charge >= 0.3 is 0 Å². The van der Waals surface area contributed by atoms with Crippen LogP contribution in [0.3, 0.4) is 0 Å². The zero-order valence-electron chi connectivity index (χ0n) is 13.4. The Labute approximate surface area is 126 Å². The highest BCUT2D eigenvalue weighted by Gasteiger charge is 2.21. The smallest absolute Gasteiger partial charge is 0.219 e. The molecule has 0 aliphatic carbocycles. The third kappa shape index (κ3) is 3.27. The molecular formula is C17H25N3O. The molecule has 2 rings (SSSR count). The molecule has 21 heavy (non-hydrogen) atoms. The molecule has 4 heteroatoms. The zero-order valence-corrected chi connectivity index (χ0v) is 13.4. The van der Waals surface area contributed by atoms with Gasteiger partial charge in [0.2, 0.25) is 5.88 Å². The van der Waals surface area contributed by atoms with Gasteiger partial charge in [-0.2, -0.15) is 5.10 Å². The molecule has 0 atom stereocenters. The number of hydrogen-bond acceptors (Lipinski definition) is 3. The van der Waals surface area contributed by atoms with E-state index in [1.807, 2.05) is 10.7 Å². The monoisotopic (exact) mass is 287 g/mol. The van der Waals surface area contributed by atoms with Gasteiger partial charge in [0.1, 0.15) is 0 Å². The van der Waals surface area contributed by atoms with E-state index in [4.69, 9.17) is 15.6 Å². The summed E-state index contributed by atoms with van der Waals surface area (Å²) in [5.41, 5.74) is 10.2. The quantitative estimate of drug-likeness (QED) is 0.887. The minimum absolute atomic E-state index is 0.359. The summed E-state index contributed by atoms with van der Waals surface area (Å²) in [5.74, 6) is 1.19. The van der Waals surface area contributed by atoms with Crippen molar-refractivity contribution in [2.24, 2.45) is 5.73 Å². The Bertz CT molecular complexity index is 602. The number of rotatable bonds is 6. The number of methoxy groups -OCH3 is 1. The highest BCUT2D eigenvalue weighted by Crippen LogP contribution is 2.31. The van der Waals surface area contributed by atoms with Crippen LogP contribution in [0.15, 0.2) is 24.3 Å². The van der Waals surface area contributed by atoms with Gasteiger partial charge in [0.25, 0.3) is 0 Å². The van der Waals surface area contributed by atoms with E-state index in [1.165, 1.54) is 11.1 Å². The van der Waals surface area contributed by atoms with Crippen molar-refractivity contribution < 1.29 is 4.74 Å². The van der Waals surface area contributed by atoms with Crippen molar-refractivity contribution >= 4 is 0 Å². The van der Waals surface area contributed by atoms with Crippen molar-refractivity contribution in [2.45, 2.75) is 39.5 Å². The number of ether oxygens (including phenoxy) is 1. The number of nitrogens with two attached hydrogens (primary N) is 1. The average Bonchev–Trinajstić information content (AvgIpc) is 2.83. The highest BCUT2D eigenvalue weighted by molar-refractivity contribution is 5.43. The van der Waals surface area contributed by atoms with Gasteiger partial charge in [-0.25, -0.2) is 4.68 Å². The average molecular weight is 287 g/mol. The summed E-state index contributed by atoms with van der Waals surface area (Å²) in [7, 11) is 1.71. The number of benzene rings is 1. The summed E-state index contributed by atoms with van der Waals surface area (Å²) in [6, 6.07) is 8.30. The molecule has 0 saturated heterocycles. The molecule has 0 radical (unpaired) electrons. The third-order valence-corrected chi connectivity index (χ3v) is 3.58. The Morgan fingerprint density at radius 2 is 2.10 bits per heavy atom. The SMILES string of the molecule is COc1c(CCCN)c(C(C)C)nn1-c1cccc(C)c1. The Hall–Kier alpha value is -1.81. The molecule has 0 unspecified atom stereocenters. The molecule has 0 fully saturated rings. The van der Waals surface area contributed by atoms with Crippen LogP contribution in [-0.4, -0.2) is 23.4 Å². The minimum atomic E-state index is 0.359. The molecule has 2 aromatic rings. The fraction of sp³-hybridized carbons (Fsp3) is 0.471. The van der Waals surface area contributed by atoms with E-state index in [0.717, 1.165) is 30.1 Å². The fourth-order valence-electron chi connectivity index (χ4n) is 2.57. The van der Waals surface area contributed by atoms with Gasteiger partial charge in [-0.1, -0.05) is 26.0 Å². The summed E-state index contributed by atoms with van der Waals surface area (Å²) in [6.45, 7) is 7.08. The first-order chi connectivity index (χ1) is 10.1. The second kappa shape index (κ2) is 6.76. The summed E-state index contributed by atoms with van der Waals surface area (Å²) in [5, 5.41) is 4.80. The molecule has 114 valence electrons. The minimum Gasteiger partial charge on any atom is -0.481 e. The highest BCUT2D eigenvalue weighted by atomic mass is 16.5. The van der Waals surface area contributed by atoms with Crippen molar-refractivity contribution in [1.29, 1.82) is 0 Å². The molecular weight excluding hydrogens is 262 g/mol. The summed E-state index contributed by atoms with van der Waals surface area (Å²) in [4.78, 5) is 0. The molecule has 1 aromatic carbocycles. The van der Waals surface area contributed by atoms with Crippen LogP contribution in [0.5, 0.6) is 5.88 Å². The van der Waals surface area contributed by atoms with Crippen LogP contribution in [0, 0.1) is 6.92 Å². The van der Waals surface area contributed by atoms with Crippen LogP contribution in [-0.2, 0) is 6.42 Å². The second-order valence-electron chi connectivity index (χ2n) is 5.67. The number of aromatic nitrogens is 2. The molecule has 0 aliphatic rings. The summed E-state index contributed by atoms with van der Waals surface area (Å²) < 4.78 is 7.57. The Morgan fingerprint density at radius 1 is 1.33 bits per heavy atom. The Kier molecular flexibility index (Phi) is 5.02. The molecule has 0 aliphatic heterocycles. The third-order valence-electron chi connectivity index (χ3n) is 3.58. The first kappa shape index (κ1) is 15.6. The predicted molar refractivity (Wildman–Crippen MR) is 86.3 cm³/mol. The fourth-order valence-corrected chi connectivity index (χ4v) is 2.57. The van der Waals surface area contributed by atoms with E-state index in [9.17, 15) is 0 Å². The first-order valence-electron chi connectivity index (χ1n) is 7.51. The molecule has 1 aromatic heterocycles. The largest absolute Gasteiger partial charge is 0.481 e. The molecule has 0 amide bonds. The van der Waals surface area contributed by atoms with Gasteiger partial charge in [-0.05, 0) is 49.9 Å². The first-order valence-corrected chi connectivity index (χ1v) is 7.51. The van der Waals surface area contributed by atoms with Gasteiger partial charge in [-0.3, -0.25) is 0 Å². The number of aryl methyl sites for hydroxylation is 1. The maximum absolute atomic E-state index is 5.66. The Morgan fingerprint density at radius 3 is 2.67 bits per heavy atom. The lowest BCUT2D eigenvalue weighted by molar-refractivity contribution is 0.379. The van der Waals surface area contributed by atoms with E-state index >= 15 is 0 Å². The van der Waals surface area contributed by atoms with Gasteiger partial charge in [0.15, 0.2) is 0 Å². The van der Waals surface area contributed by atoms with Crippen molar-refractivity contribution in [1.82, 2.24) is 9.78 Å². The number of nitrogens with zero attached hydrogens (tertiary/aromatic N) is 2. The van der Waals surface area contributed by atoms with E-state index in [0.29, 0.717) is 12.5 Å². The van der Waals surface area contributed by atoms with Crippen LogP contribution >= 0.6 is 0 Å². The zero-order chi connectivity index (χ0) is 15.4. The molecule has 4 nitrogen and oxygen atoms in total. The van der Waals surface area contributed by atoms with Crippen molar-refractivity contribution in [3.8, 4) is 11.6 Å². The predicted octanol–water partition coefficient (Wildman–Crippen LogP) is 3.20. The summed E-state index contributed by atoms with van der Waals surface area (Å²) in [6.07, 6.45) is 1.84. The maximum Gasteiger partial charge on any atom is 0.219 e. The summed E-state index contributed by atoms with van der Waals surface area (Å²) >= 11 is 0. The lowest BCUT2D eigenvalue weighted by Crippen LogP contribution is -2.03. The maximum atomic E-state index is 5.66. The van der Waals surface area contributed by atoms with Gasteiger partial charge in [-0.15, -0.1) is 0 Å². The molecule has 0 saturated carbocycles. The van der Waals surface area contributed by atoms with Gasteiger partial charge in [0.05, 0.1) is 18.5 Å². The van der Waals surface area contributed by atoms with Gasteiger partial charge in [0, 0.05) is 5.56 Å². The van der Waals surface area contributed by atoms with E-state index in [2.05, 4.69) is 39.0 Å². The van der Waals surface area contributed by atoms with Crippen LogP contribution in [0.2, 0.25) is 0 Å². The van der Waals surface area contributed by atoms with Crippen LogP contribution < -0.4 is 10.5 Å². The molecule has 1 heterocycles. The van der Waals surface area contributed by atoms with Crippen LogP contribution in [0.25, 0.3) is 5.69 Å².